The summed E-state index contributed by atoms with van der Waals surface area (Å²) in [5, 5.41) is 14.9. The maximum Gasteiger partial charge on any atom is 0.337 e. The zero-order chi connectivity index (χ0) is 12.7. The molecule has 1 aromatic rings. The number of nitrogens with one attached hydrogen (secondary N) is 2. The average Bonchev–Trinajstić information content (AvgIpc) is 2.30. The number of para-hydroxylation sites is 1. The van der Waals surface area contributed by atoms with Crippen molar-refractivity contribution in [2.24, 2.45) is 0 Å². The van der Waals surface area contributed by atoms with Gasteiger partial charge in [0.15, 0.2) is 0 Å². The Labute approximate surface area is 99.8 Å². The number of aromatic carboxylic acids is 1. The minimum atomic E-state index is -1.13. The molecule has 94 valence electrons. The van der Waals surface area contributed by atoms with E-state index in [2.05, 4.69) is 10.6 Å². The number of benzene rings is 1. The Bertz CT molecular complexity index is 383. The van der Waals surface area contributed by atoms with Crippen molar-refractivity contribution in [3.63, 3.8) is 0 Å². The van der Waals surface area contributed by atoms with Crippen LogP contribution in [0.1, 0.15) is 23.7 Å². The first-order valence-electron chi connectivity index (χ1n) is 5.63. The van der Waals surface area contributed by atoms with Gasteiger partial charge in [0.1, 0.15) is 5.82 Å². The van der Waals surface area contributed by atoms with E-state index in [9.17, 15) is 9.18 Å². The van der Waals surface area contributed by atoms with Gasteiger partial charge in [0.2, 0.25) is 0 Å². The molecule has 0 aliphatic heterocycles. The Balaban J connectivity index is 2.60. The molecule has 0 atom stereocenters. The maximum absolute atomic E-state index is 13.4. The van der Waals surface area contributed by atoms with E-state index < -0.39 is 11.8 Å². The lowest BCUT2D eigenvalue weighted by atomic mass is 10.1. The molecule has 0 radical (unpaired) electrons. The Kier molecular flexibility index (Phi) is 5.42. The molecule has 0 unspecified atom stereocenters. The number of rotatable bonds is 7. The molecule has 0 aliphatic carbocycles. The molecule has 0 amide bonds. The number of carboxylic acids is 1. The zero-order valence-electron chi connectivity index (χ0n) is 9.79. The van der Waals surface area contributed by atoms with Crippen LogP contribution in [0.4, 0.5) is 10.1 Å². The molecule has 0 saturated carbocycles. The molecule has 5 heteroatoms. The van der Waals surface area contributed by atoms with Gasteiger partial charge in [0, 0.05) is 6.54 Å². The third-order valence-corrected chi connectivity index (χ3v) is 2.33. The lowest BCUT2D eigenvalue weighted by Crippen LogP contribution is -2.18. The Morgan fingerprint density at radius 3 is 2.82 bits per heavy atom. The van der Waals surface area contributed by atoms with E-state index in [1.54, 1.807) is 0 Å². The van der Waals surface area contributed by atoms with Crippen molar-refractivity contribution in [1.29, 1.82) is 0 Å². The van der Waals surface area contributed by atoms with Gasteiger partial charge in [0.25, 0.3) is 0 Å². The fourth-order valence-electron chi connectivity index (χ4n) is 1.49. The second-order valence-corrected chi connectivity index (χ2v) is 3.60. The van der Waals surface area contributed by atoms with E-state index in [0.29, 0.717) is 6.54 Å². The highest BCUT2D eigenvalue weighted by Gasteiger charge is 2.13. The van der Waals surface area contributed by atoms with Crippen LogP contribution in [0.5, 0.6) is 0 Å². The van der Waals surface area contributed by atoms with Crippen molar-refractivity contribution >= 4 is 11.7 Å². The van der Waals surface area contributed by atoms with Crippen molar-refractivity contribution < 1.29 is 14.3 Å². The van der Waals surface area contributed by atoms with Crippen LogP contribution < -0.4 is 10.6 Å². The molecule has 0 saturated heterocycles. The van der Waals surface area contributed by atoms with Gasteiger partial charge < -0.3 is 15.7 Å². The molecule has 0 heterocycles. The van der Waals surface area contributed by atoms with E-state index in [1.165, 1.54) is 18.2 Å². The Hall–Kier alpha value is -1.62. The molecule has 0 aromatic heterocycles. The summed E-state index contributed by atoms with van der Waals surface area (Å²) >= 11 is 0. The summed E-state index contributed by atoms with van der Waals surface area (Å²) in [6, 6.07) is 4.03. The fourth-order valence-corrected chi connectivity index (χ4v) is 1.49. The minimum absolute atomic E-state index is 0.0338. The van der Waals surface area contributed by atoms with Gasteiger partial charge in [-0.25, -0.2) is 9.18 Å². The summed E-state index contributed by atoms with van der Waals surface area (Å²) in [4.78, 5) is 10.9. The molecule has 0 aliphatic rings. The molecule has 0 fully saturated rings. The second-order valence-electron chi connectivity index (χ2n) is 3.60. The lowest BCUT2D eigenvalue weighted by Gasteiger charge is -2.10. The third kappa shape index (κ3) is 4.03. The number of hydrogen-bond acceptors (Lipinski definition) is 3. The predicted molar refractivity (Wildman–Crippen MR) is 65.0 cm³/mol. The van der Waals surface area contributed by atoms with Crippen LogP contribution in [0.25, 0.3) is 0 Å². The fraction of sp³-hybridized carbons (Fsp3) is 0.417. The van der Waals surface area contributed by atoms with Crippen LogP contribution in [0.15, 0.2) is 18.2 Å². The average molecular weight is 240 g/mol. The standard InChI is InChI=1S/C12H17FN2O2/c1-2-14-7-4-8-15-11-9(12(16)17)5-3-6-10(11)13/h3,5-6,14-15H,2,4,7-8H2,1H3,(H,16,17). The summed E-state index contributed by atoms with van der Waals surface area (Å²) in [6.07, 6.45) is 0.807. The van der Waals surface area contributed by atoms with Crippen molar-refractivity contribution in [1.82, 2.24) is 5.32 Å². The largest absolute Gasteiger partial charge is 0.478 e. The quantitative estimate of drug-likeness (QED) is 0.637. The summed E-state index contributed by atoms with van der Waals surface area (Å²) in [7, 11) is 0. The van der Waals surface area contributed by atoms with Gasteiger partial charge in [-0.2, -0.15) is 0 Å². The topological polar surface area (TPSA) is 61.4 Å². The van der Waals surface area contributed by atoms with Crippen molar-refractivity contribution in [2.45, 2.75) is 13.3 Å². The molecule has 1 rings (SSSR count). The molecule has 0 spiro atoms. The van der Waals surface area contributed by atoms with Crippen molar-refractivity contribution in [3.8, 4) is 0 Å². The van der Waals surface area contributed by atoms with Crippen LogP contribution in [-0.2, 0) is 0 Å². The highest BCUT2D eigenvalue weighted by molar-refractivity contribution is 5.94. The van der Waals surface area contributed by atoms with Crippen LogP contribution in [0.2, 0.25) is 0 Å². The second kappa shape index (κ2) is 6.85. The van der Waals surface area contributed by atoms with Crippen LogP contribution in [0, 0.1) is 5.82 Å². The highest BCUT2D eigenvalue weighted by Crippen LogP contribution is 2.19. The molecule has 3 N–H and O–H groups in total. The highest BCUT2D eigenvalue weighted by atomic mass is 19.1. The molecule has 1 aromatic carbocycles. The summed E-state index contributed by atoms with van der Waals surface area (Å²) in [6.45, 7) is 4.25. The van der Waals surface area contributed by atoms with E-state index >= 15 is 0 Å². The first-order valence-corrected chi connectivity index (χ1v) is 5.63. The Morgan fingerprint density at radius 1 is 1.41 bits per heavy atom. The number of hydrogen-bond donors (Lipinski definition) is 3. The van der Waals surface area contributed by atoms with Crippen LogP contribution >= 0.6 is 0 Å². The van der Waals surface area contributed by atoms with Gasteiger partial charge in [-0.15, -0.1) is 0 Å². The zero-order valence-corrected chi connectivity index (χ0v) is 9.79. The summed E-state index contributed by atoms with van der Waals surface area (Å²) in [5.41, 5.74) is 0.0324. The molecular formula is C12H17FN2O2. The van der Waals surface area contributed by atoms with Gasteiger partial charge in [-0.3, -0.25) is 0 Å². The summed E-state index contributed by atoms with van der Waals surface area (Å²) in [5.74, 6) is -1.66. The molecule has 0 bridgehead atoms. The van der Waals surface area contributed by atoms with Crippen LogP contribution in [-0.4, -0.2) is 30.7 Å². The van der Waals surface area contributed by atoms with Gasteiger partial charge in [-0.1, -0.05) is 13.0 Å². The SMILES string of the molecule is CCNCCCNc1c(F)cccc1C(=O)O. The molecule has 4 nitrogen and oxygen atoms in total. The van der Waals surface area contributed by atoms with Crippen LogP contribution in [0.3, 0.4) is 0 Å². The minimum Gasteiger partial charge on any atom is -0.478 e. The number of anilines is 1. The van der Waals surface area contributed by atoms with E-state index in [1.807, 2.05) is 6.92 Å². The first-order chi connectivity index (χ1) is 8.16. The van der Waals surface area contributed by atoms with Gasteiger partial charge in [0.05, 0.1) is 11.3 Å². The lowest BCUT2D eigenvalue weighted by molar-refractivity contribution is 0.0697. The predicted octanol–water partition coefficient (Wildman–Crippen LogP) is 1.94. The monoisotopic (exact) mass is 240 g/mol. The number of carbonyl (C=O) groups is 1. The van der Waals surface area contributed by atoms with E-state index in [0.717, 1.165) is 19.5 Å². The van der Waals surface area contributed by atoms with E-state index in [4.69, 9.17) is 5.11 Å². The number of carboxylic acid groups (broad SMARTS) is 1. The first kappa shape index (κ1) is 13.4. The Morgan fingerprint density at radius 2 is 2.18 bits per heavy atom. The number of halogens is 1. The third-order valence-electron chi connectivity index (χ3n) is 2.33. The summed E-state index contributed by atoms with van der Waals surface area (Å²) < 4.78 is 13.4. The van der Waals surface area contributed by atoms with E-state index in [-0.39, 0.29) is 11.3 Å². The molecular weight excluding hydrogens is 223 g/mol. The smallest absolute Gasteiger partial charge is 0.337 e. The van der Waals surface area contributed by atoms with Crippen molar-refractivity contribution in [3.05, 3.63) is 29.6 Å². The van der Waals surface area contributed by atoms with Gasteiger partial charge >= 0.3 is 5.97 Å². The molecule has 17 heavy (non-hydrogen) atoms. The van der Waals surface area contributed by atoms with Gasteiger partial charge in [-0.05, 0) is 31.6 Å². The van der Waals surface area contributed by atoms with Crippen molar-refractivity contribution in [2.75, 3.05) is 25.0 Å². The maximum atomic E-state index is 13.4. The normalized spacial score (nSPS) is 10.2.